The zero-order valence-electron chi connectivity index (χ0n) is 12.0. The summed E-state index contributed by atoms with van der Waals surface area (Å²) in [4.78, 5) is 24.0. The maximum absolute atomic E-state index is 12.0. The number of nitrogens with zero attached hydrogens (tertiary/aromatic N) is 1. The molecule has 7 nitrogen and oxygen atoms in total. The predicted octanol–water partition coefficient (Wildman–Crippen LogP) is 1.79. The largest absolute Gasteiger partial charge is 0.397 e. The second kappa shape index (κ2) is 5.96. The molecule has 0 fully saturated rings. The Morgan fingerprint density at radius 2 is 2.19 bits per heavy atom. The first-order chi connectivity index (χ1) is 9.95. The highest BCUT2D eigenvalue weighted by Gasteiger charge is 2.24. The van der Waals surface area contributed by atoms with Gasteiger partial charge in [-0.2, -0.15) is 5.10 Å². The van der Waals surface area contributed by atoms with Gasteiger partial charge in [0.15, 0.2) is 5.78 Å². The van der Waals surface area contributed by atoms with Crippen molar-refractivity contribution in [3.8, 4) is 0 Å². The van der Waals surface area contributed by atoms with Gasteiger partial charge in [-0.1, -0.05) is 0 Å². The lowest BCUT2D eigenvalue weighted by molar-refractivity contribution is 0.0965. The summed E-state index contributed by atoms with van der Waals surface area (Å²) in [5, 5.41) is 13.0. The number of amides is 1. The third-order valence-electron chi connectivity index (χ3n) is 3.09. The summed E-state index contributed by atoms with van der Waals surface area (Å²) >= 11 is 1.19. The molecule has 0 radical (unpaired) electrons. The van der Waals surface area contributed by atoms with Crippen LogP contribution in [0.25, 0.3) is 0 Å². The number of hydrogen-bond acceptors (Lipinski definition) is 6. The third-order valence-corrected chi connectivity index (χ3v) is 4.32. The van der Waals surface area contributed by atoms with E-state index in [0.717, 1.165) is 5.56 Å². The second-order valence-corrected chi connectivity index (χ2v) is 5.60. The lowest BCUT2D eigenvalue weighted by Gasteiger charge is -2.13. The highest BCUT2D eigenvalue weighted by molar-refractivity contribution is 7.19. The maximum atomic E-state index is 12.0. The summed E-state index contributed by atoms with van der Waals surface area (Å²) in [6, 6.07) is -0.0787. The molecule has 0 aliphatic carbocycles. The molecule has 21 heavy (non-hydrogen) atoms. The van der Waals surface area contributed by atoms with E-state index in [4.69, 9.17) is 5.73 Å². The third kappa shape index (κ3) is 2.89. The van der Waals surface area contributed by atoms with Crippen molar-refractivity contribution in [3.05, 3.63) is 28.4 Å². The summed E-state index contributed by atoms with van der Waals surface area (Å²) in [6.45, 7) is 3.36. The first-order valence-electron chi connectivity index (χ1n) is 6.36. The maximum Gasteiger partial charge on any atom is 0.256 e. The quantitative estimate of drug-likeness (QED) is 0.629. The van der Waals surface area contributed by atoms with Crippen molar-refractivity contribution >= 4 is 33.7 Å². The average Bonchev–Trinajstić information content (AvgIpc) is 3.06. The van der Waals surface area contributed by atoms with E-state index >= 15 is 0 Å². The lowest BCUT2D eigenvalue weighted by Crippen LogP contribution is -2.20. The monoisotopic (exact) mass is 307 g/mol. The first-order valence-corrected chi connectivity index (χ1v) is 7.17. The smallest absolute Gasteiger partial charge is 0.256 e. The molecule has 0 saturated carbocycles. The molecule has 1 unspecified atom stereocenters. The Balaban J connectivity index is 2.40. The van der Waals surface area contributed by atoms with Gasteiger partial charge in [-0.25, -0.2) is 0 Å². The van der Waals surface area contributed by atoms with Gasteiger partial charge in [-0.05, 0) is 6.92 Å². The number of H-pyrrole nitrogens is 1. The molecular formula is C13H17N5O2S. The zero-order chi connectivity index (χ0) is 15.6. The normalized spacial score (nSPS) is 12.0. The van der Waals surface area contributed by atoms with Crippen molar-refractivity contribution in [2.45, 2.75) is 19.9 Å². The van der Waals surface area contributed by atoms with Crippen LogP contribution in [0.1, 0.15) is 45.5 Å². The van der Waals surface area contributed by atoms with Gasteiger partial charge in [0.25, 0.3) is 5.91 Å². The van der Waals surface area contributed by atoms with Crippen molar-refractivity contribution in [2.24, 2.45) is 0 Å². The van der Waals surface area contributed by atoms with Gasteiger partial charge < -0.3 is 16.4 Å². The minimum absolute atomic E-state index is 0.0787. The van der Waals surface area contributed by atoms with Crippen LogP contribution in [-0.2, 0) is 0 Å². The summed E-state index contributed by atoms with van der Waals surface area (Å²) in [7, 11) is 1.52. The fourth-order valence-electron chi connectivity index (χ4n) is 1.94. The number of Topliss-reactive ketones (excluding diaryl/α,β-unsaturated/α-hetero) is 1. The fourth-order valence-corrected chi connectivity index (χ4v) is 3.04. The van der Waals surface area contributed by atoms with Crippen LogP contribution in [0.5, 0.6) is 0 Å². The van der Waals surface area contributed by atoms with E-state index in [9.17, 15) is 9.59 Å². The average molecular weight is 307 g/mol. The Labute approximate surface area is 125 Å². The molecule has 2 rings (SSSR count). The number of aromatic amines is 1. The van der Waals surface area contributed by atoms with E-state index in [1.807, 2.05) is 6.92 Å². The Hall–Kier alpha value is -2.35. The van der Waals surface area contributed by atoms with Crippen molar-refractivity contribution < 1.29 is 9.59 Å². The van der Waals surface area contributed by atoms with Crippen LogP contribution in [0, 0.1) is 0 Å². The van der Waals surface area contributed by atoms with Gasteiger partial charge >= 0.3 is 0 Å². The molecule has 2 aromatic rings. The minimum atomic E-state index is -0.321. The van der Waals surface area contributed by atoms with Crippen LogP contribution in [0.15, 0.2) is 12.4 Å². The standard InChI is InChI=1S/C13H17N5O2S/c1-6(8-4-16-17-5-8)18-13-9(12(20)15-3)10(14)11(21-13)7(2)19/h4-6,18H,14H2,1-3H3,(H,15,20)(H,16,17). The van der Waals surface area contributed by atoms with E-state index in [1.165, 1.54) is 25.3 Å². The van der Waals surface area contributed by atoms with Crippen molar-refractivity contribution in [1.82, 2.24) is 15.5 Å². The number of anilines is 2. The van der Waals surface area contributed by atoms with Crippen LogP contribution in [-0.4, -0.2) is 28.9 Å². The SMILES string of the molecule is CNC(=O)c1c(NC(C)c2cn[nH]c2)sc(C(C)=O)c1N. The molecule has 0 saturated heterocycles. The predicted molar refractivity (Wildman–Crippen MR) is 82.8 cm³/mol. The van der Waals surface area contributed by atoms with Crippen molar-refractivity contribution in [1.29, 1.82) is 0 Å². The highest BCUT2D eigenvalue weighted by atomic mass is 32.1. The summed E-state index contributed by atoms with van der Waals surface area (Å²) in [6.07, 6.45) is 3.46. The molecule has 2 heterocycles. The van der Waals surface area contributed by atoms with E-state index < -0.39 is 0 Å². The van der Waals surface area contributed by atoms with Gasteiger partial charge in [0.2, 0.25) is 0 Å². The highest BCUT2D eigenvalue weighted by Crippen LogP contribution is 2.37. The minimum Gasteiger partial charge on any atom is -0.397 e. The van der Waals surface area contributed by atoms with Gasteiger partial charge in [-0.3, -0.25) is 14.7 Å². The van der Waals surface area contributed by atoms with Crippen LogP contribution < -0.4 is 16.4 Å². The number of carbonyl (C=O) groups is 2. The molecule has 1 atom stereocenters. The molecule has 0 aliphatic heterocycles. The molecule has 5 N–H and O–H groups in total. The Morgan fingerprint density at radius 3 is 2.71 bits per heavy atom. The van der Waals surface area contributed by atoms with Crippen LogP contribution in [0.2, 0.25) is 0 Å². The molecule has 0 aromatic carbocycles. The van der Waals surface area contributed by atoms with Gasteiger partial charge in [0.05, 0.1) is 28.4 Å². The summed E-state index contributed by atoms with van der Waals surface area (Å²) < 4.78 is 0. The lowest BCUT2D eigenvalue weighted by atomic mass is 10.1. The number of ketones is 1. The summed E-state index contributed by atoms with van der Waals surface area (Å²) in [5.74, 6) is -0.482. The van der Waals surface area contributed by atoms with E-state index in [0.29, 0.717) is 15.4 Å². The number of carbonyl (C=O) groups excluding carboxylic acids is 2. The molecule has 0 aliphatic rings. The zero-order valence-corrected chi connectivity index (χ0v) is 12.8. The van der Waals surface area contributed by atoms with Crippen LogP contribution >= 0.6 is 11.3 Å². The Kier molecular flexibility index (Phi) is 4.27. The fraction of sp³-hybridized carbons (Fsp3) is 0.308. The molecule has 2 aromatic heterocycles. The van der Waals surface area contributed by atoms with E-state index in [2.05, 4.69) is 20.8 Å². The number of hydrogen-bond donors (Lipinski definition) is 4. The first kappa shape index (κ1) is 15.0. The molecule has 1 amide bonds. The second-order valence-electron chi connectivity index (χ2n) is 4.58. The van der Waals surface area contributed by atoms with Crippen LogP contribution in [0.3, 0.4) is 0 Å². The van der Waals surface area contributed by atoms with Gasteiger partial charge in [0, 0.05) is 25.7 Å². The van der Waals surface area contributed by atoms with E-state index in [-0.39, 0.29) is 23.4 Å². The number of thiophene rings is 1. The number of aromatic nitrogens is 2. The van der Waals surface area contributed by atoms with E-state index in [1.54, 1.807) is 12.4 Å². The van der Waals surface area contributed by atoms with Crippen LogP contribution in [0.4, 0.5) is 10.7 Å². The molecule has 112 valence electrons. The molecule has 0 bridgehead atoms. The van der Waals surface area contributed by atoms with Crippen molar-refractivity contribution in [3.63, 3.8) is 0 Å². The topological polar surface area (TPSA) is 113 Å². The summed E-state index contributed by atoms with van der Waals surface area (Å²) in [5.41, 5.74) is 7.41. The van der Waals surface area contributed by atoms with Crippen molar-refractivity contribution in [2.75, 3.05) is 18.1 Å². The molecular weight excluding hydrogens is 290 g/mol. The van der Waals surface area contributed by atoms with Gasteiger partial charge in [-0.15, -0.1) is 11.3 Å². The number of rotatable bonds is 5. The van der Waals surface area contributed by atoms with Gasteiger partial charge in [0.1, 0.15) is 5.00 Å². The number of nitrogen functional groups attached to an aromatic ring is 1. The molecule has 8 heteroatoms. The number of nitrogens with two attached hydrogens (primary N) is 1. The molecule has 0 spiro atoms. The number of nitrogens with one attached hydrogen (secondary N) is 3. The Bertz CT molecular complexity index is 662. The Morgan fingerprint density at radius 1 is 1.48 bits per heavy atom.